The van der Waals surface area contributed by atoms with E-state index in [4.69, 9.17) is 15.0 Å². The Morgan fingerprint density at radius 1 is 0.375 bits per heavy atom. The SMILES string of the molecule is O=P(c1ccccc1)(c1ccccc1)c1ccc(-c2nc(-c3ccc(F)c4ccccc34)nc(-c3ccc(F)c4ccccc34)n2)cc1. The molecular formula is C41H26F2N3OP. The minimum Gasteiger partial charge on any atom is -0.309 e. The van der Waals surface area contributed by atoms with Crippen LogP contribution in [0.1, 0.15) is 0 Å². The Morgan fingerprint density at radius 3 is 1.21 bits per heavy atom. The van der Waals surface area contributed by atoms with Crippen LogP contribution in [0, 0.1) is 11.6 Å². The summed E-state index contributed by atoms with van der Waals surface area (Å²) in [5, 5.41) is 4.37. The zero-order valence-corrected chi connectivity index (χ0v) is 26.4. The molecule has 1 heterocycles. The van der Waals surface area contributed by atoms with Gasteiger partial charge in [0.1, 0.15) is 11.6 Å². The molecule has 7 heteroatoms. The molecule has 0 saturated heterocycles. The van der Waals surface area contributed by atoms with Crippen molar-refractivity contribution in [2.75, 3.05) is 0 Å². The molecule has 0 aliphatic rings. The van der Waals surface area contributed by atoms with Crippen LogP contribution in [0.25, 0.3) is 55.7 Å². The zero-order chi connectivity index (χ0) is 32.7. The lowest BCUT2D eigenvalue weighted by Crippen LogP contribution is -2.24. The lowest BCUT2D eigenvalue weighted by atomic mass is 10.0. The maximum atomic E-state index is 14.9. The Balaban J connectivity index is 1.33. The van der Waals surface area contributed by atoms with E-state index in [2.05, 4.69) is 0 Å². The Hall–Kier alpha value is -5.84. The molecular weight excluding hydrogens is 619 g/mol. The highest BCUT2D eigenvalue weighted by molar-refractivity contribution is 7.85. The molecule has 230 valence electrons. The third kappa shape index (κ3) is 5.07. The van der Waals surface area contributed by atoms with Crippen molar-refractivity contribution in [3.8, 4) is 34.2 Å². The van der Waals surface area contributed by atoms with Crippen LogP contribution in [0.3, 0.4) is 0 Å². The smallest absolute Gasteiger partial charge is 0.171 e. The number of aromatic nitrogens is 3. The second kappa shape index (κ2) is 12.1. The molecule has 0 amide bonds. The van der Waals surface area contributed by atoms with Crippen LogP contribution in [0.2, 0.25) is 0 Å². The van der Waals surface area contributed by atoms with E-state index in [0.717, 1.165) is 10.6 Å². The first-order chi connectivity index (χ1) is 23.5. The minimum atomic E-state index is -3.19. The predicted molar refractivity (Wildman–Crippen MR) is 190 cm³/mol. The highest BCUT2D eigenvalue weighted by Gasteiger charge is 2.29. The zero-order valence-electron chi connectivity index (χ0n) is 25.5. The average molecular weight is 646 g/mol. The van der Waals surface area contributed by atoms with Crippen molar-refractivity contribution in [1.82, 2.24) is 15.0 Å². The first kappa shape index (κ1) is 29.6. The number of halogens is 2. The van der Waals surface area contributed by atoms with Crippen molar-refractivity contribution < 1.29 is 13.3 Å². The van der Waals surface area contributed by atoms with Crippen LogP contribution < -0.4 is 15.9 Å². The fourth-order valence-electron chi connectivity index (χ4n) is 6.20. The van der Waals surface area contributed by atoms with Crippen molar-refractivity contribution in [2.45, 2.75) is 0 Å². The first-order valence-electron chi connectivity index (χ1n) is 15.4. The number of nitrogens with zero attached hydrogens (tertiary/aromatic N) is 3. The molecule has 0 radical (unpaired) electrons. The van der Waals surface area contributed by atoms with Gasteiger partial charge >= 0.3 is 0 Å². The summed E-state index contributed by atoms with van der Waals surface area (Å²) in [4.78, 5) is 14.7. The van der Waals surface area contributed by atoms with Crippen molar-refractivity contribution in [2.24, 2.45) is 0 Å². The molecule has 0 saturated carbocycles. The van der Waals surface area contributed by atoms with E-state index in [1.165, 1.54) is 12.1 Å². The summed E-state index contributed by atoms with van der Waals surface area (Å²) >= 11 is 0. The van der Waals surface area contributed by atoms with Crippen molar-refractivity contribution in [3.05, 3.63) is 169 Å². The fourth-order valence-corrected chi connectivity index (χ4v) is 8.85. The second-order valence-electron chi connectivity index (χ2n) is 11.4. The molecule has 0 fully saturated rings. The number of fused-ring (bicyclic) bond motifs is 2. The van der Waals surface area contributed by atoms with Gasteiger partial charge in [-0.25, -0.2) is 23.7 Å². The maximum absolute atomic E-state index is 14.9. The molecule has 8 rings (SSSR count). The summed E-state index contributed by atoms with van der Waals surface area (Å²) in [6, 6.07) is 47.0. The monoisotopic (exact) mass is 645 g/mol. The first-order valence-corrected chi connectivity index (χ1v) is 17.1. The van der Waals surface area contributed by atoms with Crippen molar-refractivity contribution >= 4 is 44.6 Å². The van der Waals surface area contributed by atoms with Gasteiger partial charge in [0.2, 0.25) is 0 Å². The van der Waals surface area contributed by atoms with Crippen molar-refractivity contribution in [1.29, 1.82) is 0 Å². The van der Waals surface area contributed by atoms with E-state index in [-0.39, 0.29) is 11.6 Å². The maximum Gasteiger partial charge on any atom is 0.171 e. The van der Waals surface area contributed by atoms with Crippen LogP contribution >= 0.6 is 7.14 Å². The van der Waals surface area contributed by atoms with Crippen LogP contribution in [-0.2, 0) is 4.57 Å². The minimum absolute atomic E-state index is 0.342. The predicted octanol–water partition coefficient (Wildman–Crippen LogP) is 9.10. The van der Waals surface area contributed by atoms with Crippen LogP contribution in [0.5, 0.6) is 0 Å². The highest BCUT2D eigenvalue weighted by atomic mass is 31.2. The molecule has 0 N–H and O–H groups in total. The van der Waals surface area contributed by atoms with E-state index >= 15 is 0 Å². The summed E-state index contributed by atoms with van der Waals surface area (Å²) in [6.07, 6.45) is 0. The normalized spacial score (nSPS) is 11.6. The van der Waals surface area contributed by atoms with Crippen LogP contribution in [-0.4, -0.2) is 15.0 Å². The van der Waals surface area contributed by atoms with E-state index in [1.807, 2.05) is 109 Å². The second-order valence-corrected chi connectivity index (χ2v) is 14.2. The van der Waals surface area contributed by atoms with E-state index < -0.39 is 7.14 Å². The highest BCUT2D eigenvalue weighted by Crippen LogP contribution is 2.42. The Labute approximate surface area is 275 Å². The number of hydrogen-bond donors (Lipinski definition) is 0. The molecule has 0 aliphatic carbocycles. The number of hydrogen-bond acceptors (Lipinski definition) is 4. The molecule has 4 nitrogen and oxygen atoms in total. The van der Waals surface area contributed by atoms with Gasteiger partial charge in [0, 0.05) is 43.4 Å². The largest absolute Gasteiger partial charge is 0.309 e. The quantitative estimate of drug-likeness (QED) is 0.169. The molecule has 0 spiro atoms. The third-order valence-corrected chi connectivity index (χ3v) is 11.7. The summed E-state index contributed by atoms with van der Waals surface area (Å²) in [5.74, 6) is 0.388. The van der Waals surface area contributed by atoms with Gasteiger partial charge in [-0.05, 0) is 35.0 Å². The lowest BCUT2D eigenvalue weighted by Gasteiger charge is -2.20. The summed E-state index contributed by atoms with van der Waals surface area (Å²) in [7, 11) is -3.19. The third-order valence-electron chi connectivity index (χ3n) is 8.59. The van der Waals surface area contributed by atoms with Crippen LogP contribution in [0.15, 0.2) is 158 Å². The Kier molecular flexibility index (Phi) is 7.43. The van der Waals surface area contributed by atoms with E-state index in [0.29, 0.717) is 61.0 Å². The van der Waals surface area contributed by atoms with Gasteiger partial charge in [-0.15, -0.1) is 0 Å². The number of rotatable bonds is 6. The van der Waals surface area contributed by atoms with Crippen LogP contribution in [0.4, 0.5) is 8.78 Å². The van der Waals surface area contributed by atoms with Gasteiger partial charge in [-0.2, -0.15) is 0 Å². The molecule has 7 aromatic carbocycles. The summed E-state index contributed by atoms with van der Waals surface area (Å²) in [6.45, 7) is 0. The molecule has 0 aliphatic heterocycles. The standard InChI is InChI=1S/C41H26F2N3OP/c42-37-25-23-35(31-15-7-9-17-33(31)37)40-44-39(45-41(46-40)36-24-26-38(43)34-18-10-8-16-32(34)36)27-19-21-30(22-20-27)48(47,28-11-3-1-4-12-28)29-13-5-2-6-14-29/h1-26H. The number of benzene rings is 7. The lowest BCUT2D eigenvalue weighted by molar-refractivity contribution is 0.592. The topological polar surface area (TPSA) is 55.7 Å². The molecule has 0 unspecified atom stereocenters. The molecule has 8 aromatic rings. The summed E-state index contributed by atoms with van der Waals surface area (Å²) < 4.78 is 44.6. The Bertz CT molecular complexity index is 2360. The van der Waals surface area contributed by atoms with Gasteiger partial charge in [0.15, 0.2) is 24.6 Å². The summed E-state index contributed by atoms with van der Waals surface area (Å²) in [5.41, 5.74) is 1.95. The van der Waals surface area contributed by atoms with E-state index in [1.54, 1.807) is 36.4 Å². The van der Waals surface area contributed by atoms with Gasteiger partial charge in [-0.1, -0.05) is 133 Å². The van der Waals surface area contributed by atoms with Gasteiger partial charge in [0.05, 0.1) is 0 Å². The average Bonchev–Trinajstić information content (AvgIpc) is 3.15. The molecule has 0 bridgehead atoms. The molecule has 48 heavy (non-hydrogen) atoms. The van der Waals surface area contributed by atoms with Gasteiger partial charge < -0.3 is 4.57 Å². The van der Waals surface area contributed by atoms with Gasteiger partial charge in [-0.3, -0.25) is 0 Å². The van der Waals surface area contributed by atoms with E-state index in [9.17, 15) is 13.3 Å². The molecule has 1 aromatic heterocycles. The van der Waals surface area contributed by atoms with Gasteiger partial charge in [0.25, 0.3) is 0 Å². The van der Waals surface area contributed by atoms with Crippen molar-refractivity contribution in [3.63, 3.8) is 0 Å². The molecule has 0 atom stereocenters. The fraction of sp³-hybridized carbons (Fsp3) is 0. The Morgan fingerprint density at radius 2 is 0.750 bits per heavy atom.